The Morgan fingerprint density at radius 2 is 2.03 bits per heavy atom. The molecule has 1 aromatic carbocycles. The summed E-state index contributed by atoms with van der Waals surface area (Å²) in [4.78, 5) is 25.6. The van der Waals surface area contributed by atoms with Crippen molar-refractivity contribution in [2.45, 2.75) is 26.7 Å². The van der Waals surface area contributed by atoms with Crippen molar-refractivity contribution in [3.63, 3.8) is 0 Å². The first-order chi connectivity index (χ1) is 14.2. The van der Waals surface area contributed by atoms with Crippen LogP contribution in [0.1, 0.15) is 35.7 Å². The van der Waals surface area contributed by atoms with Crippen molar-refractivity contribution in [1.29, 1.82) is 0 Å². The van der Waals surface area contributed by atoms with E-state index in [1.807, 2.05) is 37.3 Å². The number of aryl methyl sites for hydroxylation is 2. The molecule has 0 atom stereocenters. The lowest BCUT2D eigenvalue weighted by Crippen LogP contribution is -2.12. The number of nitrogens with zero attached hydrogens (tertiary/aromatic N) is 5. The average molecular weight is 388 g/mol. The summed E-state index contributed by atoms with van der Waals surface area (Å²) in [5.41, 5.74) is 2.83. The summed E-state index contributed by atoms with van der Waals surface area (Å²) >= 11 is 0. The fourth-order valence-corrected chi connectivity index (χ4v) is 2.90. The summed E-state index contributed by atoms with van der Waals surface area (Å²) in [6.07, 6.45) is 6.40. The lowest BCUT2D eigenvalue weighted by Gasteiger charge is -2.06. The van der Waals surface area contributed by atoms with Crippen molar-refractivity contribution in [2.75, 3.05) is 5.32 Å². The minimum Gasteiger partial charge on any atom is -0.334 e. The summed E-state index contributed by atoms with van der Waals surface area (Å²) in [5.74, 6) is 1.26. The maximum absolute atomic E-state index is 12.6. The number of carbonyl (C=O) groups is 1. The van der Waals surface area contributed by atoms with Gasteiger partial charge in [-0.2, -0.15) is 4.98 Å². The van der Waals surface area contributed by atoms with Gasteiger partial charge in [-0.3, -0.25) is 9.36 Å². The number of benzene rings is 1. The highest BCUT2D eigenvalue weighted by molar-refractivity contribution is 6.02. The molecule has 3 heterocycles. The number of aromatic nitrogens is 5. The Balaban J connectivity index is 1.60. The van der Waals surface area contributed by atoms with Gasteiger partial charge in [0.05, 0.1) is 5.56 Å². The molecule has 146 valence electrons. The quantitative estimate of drug-likeness (QED) is 0.541. The smallest absolute Gasteiger partial charge is 0.275 e. The van der Waals surface area contributed by atoms with E-state index in [0.29, 0.717) is 29.5 Å². The fourth-order valence-electron chi connectivity index (χ4n) is 2.90. The fraction of sp³-hybridized carbons (Fsp3) is 0.190. The second-order valence-electron chi connectivity index (χ2n) is 6.42. The molecule has 0 radical (unpaired) electrons. The molecule has 0 saturated heterocycles. The maximum atomic E-state index is 12.6. The van der Waals surface area contributed by atoms with E-state index in [9.17, 15) is 4.79 Å². The number of carbonyl (C=O) groups excluding carboxylic acids is 1. The second kappa shape index (κ2) is 8.05. The summed E-state index contributed by atoms with van der Waals surface area (Å²) < 4.78 is 7.01. The van der Waals surface area contributed by atoms with Crippen LogP contribution in [-0.2, 0) is 12.8 Å². The number of nitrogens with one attached hydrogen (secondary N) is 1. The van der Waals surface area contributed by atoms with E-state index in [-0.39, 0.29) is 11.6 Å². The van der Waals surface area contributed by atoms with Gasteiger partial charge in [-0.05, 0) is 36.2 Å². The average Bonchev–Trinajstić information content (AvgIpc) is 3.44. The Bertz CT molecular complexity index is 1150. The lowest BCUT2D eigenvalue weighted by molar-refractivity contribution is 0.102. The maximum Gasteiger partial charge on any atom is 0.275 e. The molecule has 0 saturated carbocycles. The second-order valence-corrected chi connectivity index (χ2v) is 6.42. The predicted molar refractivity (Wildman–Crippen MR) is 108 cm³/mol. The van der Waals surface area contributed by atoms with Crippen molar-refractivity contribution >= 4 is 11.6 Å². The SMILES string of the molecule is CCc1cccc(NC(=O)c2cn(-c3ncccc3-c3nc(CC)no3)cn2)c1. The Labute approximate surface area is 167 Å². The molecule has 0 aliphatic carbocycles. The molecule has 0 unspecified atom stereocenters. The Morgan fingerprint density at radius 3 is 2.83 bits per heavy atom. The molecule has 8 nitrogen and oxygen atoms in total. The van der Waals surface area contributed by atoms with Gasteiger partial charge in [0.25, 0.3) is 11.8 Å². The van der Waals surface area contributed by atoms with Crippen molar-refractivity contribution in [2.24, 2.45) is 0 Å². The zero-order chi connectivity index (χ0) is 20.2. The predicted octanol–water partition coefficient (Wildman–Crippen LogP) is 3.69. The summed E-state index contributed by atoms with van der Waals surface area (Å²) in [7, 11) is 0. The van der Waals surface area contributed by atoms with Gasteiger partial charge in [-0.1, -0.05) is 31.1 Å². The zero-order valence-corrected chi connectivity index (χ0v) is 16.2. The van der Waals surface area contributed by atoms with Gasteiger partial charge in [0.1, 0.15) is 12.0 Å². The molecule has 4 aromatic rings. The number of hydrogen-bond acceptors (Lipinski definition) is 6. The Morgan fingerprint density at radius 1 is 1.14 bits per heavy atom. The monoisotopic (exact) mass is 388 g/mol. The van der Waals surface area contributed by atoms with Crippen LogP contribution in [0.3, 0.4) is 0 Å². The molecule has 0 aliphatic heterocycles. The van der Waals surface area contributed by atoms with Gasteiger partial charge < -0.3 is 9.84 Å². The third-order valence-electron chi connectivity index (χ3n) is 4.45. The number of hydrogen-bond donors (Lipinski definition) is 1. The highest BCUT2D eigenvalue weighted by atomic mass is 16.5. The summed E-state index contributed by atoms with van der Waals surface area (Å²) in [5, 5.41) is 6.82. The van der Waals surface area contributed by atoms with E-state index in [1.54, 1.807) is 29.4 Å². The zero-order valence-electron chi connectivity index (χ0n) is 16.2. The minimum absolute atomic E-state index is 0.281. The molecule has 0 aliphatic rings. The number of pyridine rings is 1. The molecular formula is C21H20N6O2. The molecule has 0 fully saturated rings. The number of anilines is 1. The Kier molecular flexibility index (Phi) is 5.15. The van der Waals surface area contributed by atoms with E-state index in [2.05, 4.69) is 32.3 Å². The molecule has 8 heteroatoms. The largest absolute Gasteiger partial charge is 0.334 e. The first kappa shape index (κ1) is 18.5. The van der Waals surface area contributed by atoms with E-state index >= 15 is 0 Å². The van der Waals surface area contributed by atoms with E-state index in [4.69, 9.17) is 4.52 Å². The van der Waals surface area contributed by atoms with Crippen LogP contribution in [0.15, 0.2) is 59.6 Å². The van der Waals surface area contributed by atoms with Crippen LogP contribution < -0.4 is 5.32 Å². The number of imidazole rings is 1. The molecule has 0 bridgehead atoms. The van der Waals surface area contributed by atoms with Gasteiger partial charge in [-0.15, -0.1) is 0 Å². The van der Waals surface area contributed by atoms with Crippen LogP contribution >= 0.6 is 0 Å². The molecule has 1 N–H and O–H groups in total. The van der Waals surface area contributed by atoms with Crippen molar-refractivity contribution in [3.8, 4) is 17.3 Å². The molecule has 4 rings (SSSR count). The third kappa shape index (κ3) is 3.91. The molecule has 1 amide bonds. The molecule has 0 spiro atoms. The lowest BCUT2D eigenvalue weighted by atomic mass is 10.1. The van der Waals surface area contributed by atoms with Crippen molar-refractivity contribution < 1.29 is 9.32 Å². The first-order valence-corrected chi connectivity index (χ1v) is 9.40. The van der Waals surface area contributed by atoms with Crippen LogP contribution in [0, 0.1) is 0 Å². The minimum atomic E-state index is -0.291. The van der Waals surface area contributed by atoms with E-state index in [0.717, 1.165) is 17.7 Å². The molecule has 29 heavy (non-hydrogen) atoms. The normalized spacial score (nSPS) is 10.8. The van der Waals surface area contributed by atoms with Crippen LogP contribution in [0.4, 0.5) is 5.69 Å². The van der Waals surface area contributed by atoms with Gasteiger partial charge in [0.15, 0.2) is 11.6 Å². The van der Waals surface area contributed by atoms with E-state index < -0.39 is 0 Å². The first-order valence-electron chi connectivity index (χ1n) is 9.40. The molecular weight excluding hydrogens is 368 g/mol. The van der Waals surface area contributed by atoms with Crippen LogP contribution in [0.2, 0.25) is 0 Å². The van der Waals surface area contributed by atoms with E-state index in [1.165, 1.54) is 0 Å². The van der Waals surface area contributed by atoms with Crippen LogP contribution in [0.25, 0.3) is 17.3 Å². The van der Waals surface area contributed by atoms with Gasteiger partial charge in [-0.25, -0.2) is 9.97 Å². The molecule has 3 aromatic heterocycles. The van der Waals surface area contributed by atoms with Gasteiger partial charge in [0, 0.05) is 24.5 Å². The summed E-state index contributed by atoms with van der Waals surface area (Å²) in [6.45, 7) is 4.02. The van der Waals surface area contributed by atoms with Crippen LogP contribution in [0.5, 0.6) is 0 Å². The standard InChI is InChI=1S/C21H20N6O2/c1-3-14-7-5-8-15(11-14)24-20(28)17-12-27(13-23-17)19-16(9-6-10-22-19)21-25-18(4-2)26-29-21/h5-13H,3-4H2,1-2H3,(H,24,28). The van der Waals surface area contributed by atoms with Crippen LogP contribution in [-0.4, -0.2) is 30.6 Å². The summed E-state index contributed by atoms with van der Waals surface area (Å²) in [6, 6.07) is 11.4. The number of amides is 1. The van der Waals surface area contributed by atoms with Crippen molar-refractivity contribution in [1.82, 2.24) is 24.7 Å². The van der Waals surface area contributed by atoms with Gasteiger partial charge >= 0.3 is 0 Å². The van der Waals surface area contributed by atoms with Gasteiger partial charge in [0.2, 0.25) is 0 Å². The van der Waals surface area contributed by atoms with Crippen molar-refractivity contribution in [3.05, 3.63) is 72.2 Å². The highest BCUT2D eigenvalue weighted by Gasteiger charge is 2.17. The number of rotatable bonds is 6. The third-order valence-corrected chi connectivity index (χ3v) is 4.45. The Hall–Kier alpha value is -3.81. The highest BCUT2D eigenvalue weighted by Crippen LogP contribution is 2.24. The topological polar surface area (TPSA) is 98.7 Å².